The molecule has 4 aromatic rings. The predicted molar refractivity (Wildman–Crippen MR) is 228 cm³/mol. The number of imidazole rings is 2. The summed E-state index contributed by atoms with van der Waals surface area (Å²) >= 11 is 0.395. The molecule has 4 aromatic heterocycles. The average Bonchev–Trinajstić information content (AvgIpc) is 4.04. The van der Waals surface area contributed by atoms with Crippen LogP contribution < -0.4 is 16.6 Å². The van der Waals surface area contributed by atoms with E-state index >= 15 is 8.78 Å². The Balaban J connectivity index is 1.10. The van der Waals surface area contributed by atoms with E-state index in [0.29, 0.717) is 24.3 Å². The Hall–Kier alpha value is -3.84. The van der Waals surface area contributed by atoms with Crippen molar-refractivity contribution in [2.75, 3.05) is 49.7 Å². The van der Waals surface area contributed by atoms with E-state index in [1.807, 2.05) is 0 Å². The van der Waals surface area contributed by atoms with Crippen molar-refractivity contribution >= 4 is 66.0 Å². The van der Waals surface area contributed by atoms with E-state index in [9.17, 15) is 23.6 Å². The van der Waals surface area contributed by atoms with Gasteiger partial charge in [-0.15, -0.1) is 0 Å². The van der Waals surface area contributed by atoms with Gasteiger partial charge in [0.2, 0.25) is 5.95 Å². The summed E-state index contributed by atoms with van der Waals surface area (Å²) in [6.45, 7) is -3.33. The third-order valence-electron chi connectivity index (χ3n) is 11.6. The summed E-state index contributed by atoms with van der Waals surface area (Å²) in [5.41, 5.74) is 5.47. The third kappa shape index (κ3) is 11.1. The summed E-state index contributed by atoms with van der Waals surface area (Å²) in [5, 5.41) is 3.25. The molecule has 8 rings (SSSR count). The second-order valence-corrected chi connectivity index (χ2v) is 21.9. The van der Waals surface area contributed by atoms with Gasteiger partial charge >= 0.3 is 20.5 Å². The molecule has 3 unspecified atom stereocenters. The number of carbonyl (C=O) groups excluding carboxylic acids is 1. The van der Waals surface area contributed by atoms with Gasteiger partial charge in [-0.3, -0.25) is 28.0 Å². The predicted octanol–water partition coefficient (Wildman–Crippen LogP) is 5.89. The summed E-state index contributed by atoms with van der Waals surface area (Å²) in [5.74, 6) is -0.226. The van der Waals surface area contributed by atoms with Crippen LogP contribution in [-0.2, 0) is 46.4 Å². The standard InChI is InChI=1S/C37H52F2N10O13P2S/c1-2-3-6-9-21-10-7-4-5-8-12-55-37(51)57-20-65-64(54)58-13-11-22-28(25(39)34(60-22)48-17-44-26-30(40)42-16-43-31(26)48)56-19-63(52,53)59-15-23-24(38)29(62-64)35(61-23)49-18-45-27-32(49)46-36(41-14-21)47-33(27)50/h16-18,21-25,28-29,34-35H,2-15,19-20H2,1H3,(H,52,53)(H2,40,42,43)(H2,41,46,47,50)/t21?,22-,23-,24-,25-,28-,29-,34-,35-,64?/m1/s1. The Labute approximate surface area is 374 Å². The molecule has 4 aliphatic rings. The first-order valence-electron chi connectivity index (χ1n) is 21.5. The summed E-state index contributed by atoms with van der Waals surface area (Å²) in [6, 6.07) is 0. The SMILES string of the molecule is CCCCCC1CCCCCCOC(=O)OCSP2(=O)OCC[C@H]3O[C@@H](n4cnc5c(N)ncnc54)[C@H](F)[C@@H]3OCP(=O)(O)OC[C@H]3O[C@H]([C@H](O2)[C@@H]3F)n2cnc3c(=O)[nH]c(nc32)NC1. The number of fused-ring (bicyclic) bond motifs is 6. The fourth-order valence-electron chi connectivity index (χ4n) is 8.20. The van der Waals surface area contributed by atoms with Crippen LogP contribution in [0.1, 0.15) is 83.6 Å². The first-order valence-corrected chi connectivity index (χ1v) is 26.4. The molecule has 23 nitrogen and oxygen atoms in total. The number of aromatic amines is 1. The van der Waals surface area contributed by atoms with Gasteiger partial charge in [-0.1, -0.05) is 45.4 Å². The number of nitrogens with one attached hydrogen (secondary N) is 2. The lowest BCUT2D eigenvalue weighted by molar-refractivity contribution is -0.0525. The Kier molecular flexibility index (Phi) is 15.4. The highest BCUT2D eigenvalue weighted by Gasteiger charge is 2.53. The molecule has 0 aromatic carbocycles. The number of H-pyrrole nitrogens is 1. The molecule has 8 heterocycles. The number of halogens is 2. The molecule has 0 amide bonds. The van der Waals surface area contributed by atoms with E-state index < -0.39 is 101 Å². The lowest BCUT2D eigenvalue weighted by Crippen LogP contribution is -2.33. The Morgan fingerprint density at radius 1 is 0.892 bits per heavy atom. The molecule has 5 bridgehead atoms. The number of nitrogen functional groups attached to an aromatic ring is 1. The van der Waals surface area contributed by atoms with Gasteiger partial charge < -0.3 is 48.7 Å². The number of ether oxygens (including phenoxy) is 5. The van der Waals surface area contributed by atoms with Gasteiger partial charge in [0.15, 0.2) is 53.4 Å². The Bertz CT molecular complexity index is 2440. The molecule has 5 N–H and O–H groups in total. The molecule has 11 atom stereocenters. The van der Waals surface area contributed by atoms with Gasteiger partial charge in [-0.25, -0.2) is 38.1 Å². The molecule has 28 heteroatoms. The first-order chi connectivity index (χ1) is 31.3. The highest BCUT2D eigenvalue weighted by Crippen LogP contribution is 2.63. The van der Waals surface area contributed by atoms with Crippen LogP contribution in [0.3, 0.4) is 0 Å². The van der Waals surface area contributed by atoms with E-state index in [2.05, 4.69) is 42.1 Å². The number of anilines is 2. The molecular formula is C37H52F2N10O13P2S. The molecule has 3 fully saturated rings. The maximum Gasteiger partial charge on any atom is 0.509 e. The maximum atomic E-state index is 16.8. The number of nitrogens with zero attached hydrogens (tertiary/aromatic N) is 7. The molecule has 0 saturated carbocycles. The molecule has 358 valence electrons. The summed E-state index contributed by atoms with van der Waals surface area (Å²) < 4.78 is 109. The van der Waals surface area contributed by atoms with E-state index in [0.717, 1.165) is 57.7 Å². The van der Waals surface area contributed by atoms with Crippen molar-refractivity contribution in [2.45, 2.75) is 120 Å². The molecule has 0 radical (unpaired) electrons. The van der Waals surface area contributed by atoms with E-state index in [1.54, 1.807) is 0 Å². The minimum atomic E-state index is -4.77. The topological polar surface area (TPSA) is 290 Å². The van der Waals surface area contributed by atoms with Crippen molar-refractivity contribution in [3.63, 3.8) is 0 Å². The number of cyclic esters (lactones) is 2. The highest BCUT2D eigenvalue weighted by molar-refractivity contribution is 8.55. The van der Waals surface area contributed by atoms with E-state index in [1.165, 1.54) is 21.8 Å². The highest BCUT2D eigenvalue weighted by atomic mass is 32.7. The van der Waals surface area contributed by atoms with Crippen molar-refractivity contribution in [2.24, 2.45) is 5.92 Å². The Morgan fingerprint density at radius 2 is 1.68 bits per heavy atom. The van der Waals surface area contributed by atoms with Gasteiger partial charge in [0.25, 0.3) is 5.56 Å². The number of rotatable bonds is 5. The lowest BCUT2D eigenvalue weighted by atomic mass is 9.94. The van der Waals surface area contributed by atoms with Crippen LogP contribution in [0.5, 0.6) is 0 Å². The van der Waals surface area contributed by atoms with Crippen LogP contribution in [0.25, 0.3) is 22.3 Å². The van der Waals surface area contributed by atoms with Crippen LogP contribution >= 0.6 is 25.8 Å². The minimum Gasteiger partial charge on any atom is -0.434 e. The number of hydrogen-bond donors (Lipinski definition) is 4. The summed E-state index contributed by atoms with van der Waals surface area (Å²) in [4.78, 5) is 60.7. The van der Waals surface area contributed by atoms with E-state index in [4.69, 9.17) is 43.0 Å². The van der Waals surface area contributed by atoms with Crippen LogP contribution in [0, 0.1) is 5.92 Å². The first kappa shape index (κ1) is 47.6. The second-order valence-electron chi connectivity index (χ2n) is 16.1. The number of alkyl halides is 2. The molecule has 3 saturated heterocycles. The number of carbonyl (C=O) groups is 1. The zero-order chi connectivity index (χ0) is 45.7. The second kappa shape index (κ2) is 21.0. The van der Waals surface area contributed by atoms with Crippen molar-refractivity contribution in [3.05, 3.63) is 29.3 Å². The van der Waals surface area contributed by atoms with Crippen LogP contribution in [-0.4, -0.2) is 125 Å². The van der Waals surface area contributed by atoms with Crippen molar-refractivity contribution in [1.29, 1.82) is 0 Å². The van der Waals surface area contributed by atoms with Crippen LogP contribution in [0.2, 0.25) is 0 Å². The largest absolute Gasteiger partial charge is 0.509 e. The van der Waals surface area contributed by atoms with Crippen LogP contribution in [0.15, 0.2) is 23.8 Å². The smallest absolute Gasteiger partial charge is 0.434 e. The minimum absolute atomic E-state index is 0.0332. The van der Waals surface area contributed by atoms with Crippen LogP contribution in [0.4, 0.5) is 25.3 Å². The summed E-state index contributed by atoms with van der Waals surface area (Å²) in [7, 11) is -4.77. The van der Waals surface area contributed by atoms with Gasteiger partial charge in [0.05, 0.1) is 38.6 Å². The normalized spacial score (nSPS) is 33.8. The number of aromatic nitrogens is 8. The van der Waals surface area contributed by atoms with Gasteiger partial charge in [-0.2, -0.15) is 4.98 Å². The number of unbranched alkanes of at least 4 members (excludes halogenated alkanes) is 2. The fraction of sp³-hybridized carbons (Fsp3) is 0.703. The zero-order valence-corrected chi connectivity index (χ0v) is 38.0. The molecule has 0 aliphatic carbocycles. The van der Waals surface area contributed by atoms with Crippen molar-refractivity contribution in [1.82, 2.24) is 39.0 Å². The van der Waals surface area contributed by atoms with E-state index in [-0.39, 0.29) is 53.0 Å². The van der Waals surface area contributed by atoms with Crippen molar-refractivity contribution in [3.8, 4) is 0 Å². The molecule has 4 aliphatic heterocycles. The molecule has 0 spiro atoms. The fourth-order valence-corrected chi connectivity index (χ4v) is 11.8. The quantitative estimate of drug-likeness (QED) is 0.103. The van der Waals surface area contributed by atoms with Gasteiger partial charge in [0.1, 0.15) is 36.5 Å². The monoisotopic (exact) mass is 976 g/mol. The molecule has 65 heavy (non-hydrogen) atoms. The number of hydrogen-bond acceptors (Lipinski definition) is 20. The lowest BCUT2D eigenvalue weighted by Gasteiger charge is -2.26. The zero-order valence-electron chi connectivity index (χ0n) is 35.4. The van der Waals surface area contributed by atoms with Crippen molar-refractivity contribution < 1.29 is 64.9 Å². The summed E-state index contributed by atoms with van der Waals surface area (Å²) in [6.07, 6.45) is -4.09. The maximum absolute atomic E-state index is 16.8. The van der Waals surface area contributed by atoms with Gasteiger partial charge in [0, 0.05) is 24.3 Å². The Morgan fingerprint density at radius 3 is 2.51 bits per heavy atom. The third-order valence-corrected chi connectivity index (χ3v) is 16.0. The van der Waals surface area contributed by atoms with Gasteiger partial charge in [-0.05, 0) is 25.2 Å². The average molecular weight is 977 g/mol. The number of nitrogens with two attached hydrogens (primary N) is 1. The molecular weight excluding hydrogens is 924 g/mol.